The van der Waals surface area contributed by atoms with Gasteiger partial charge in [0.15, 0.2) is 9.84 Å². The van der Waals surface area contributed by atoms with Crippen LogP contribution in [0.2, 0.25) is 0 Å². The summed E-state index contributed by atoms with van der Waals surface area (Å²) >= 11 is 0. The second-order valence-electron chi connectivity index (χ2n) is 9.63. The third kappa shape index (κ3) is 6.83. The number of anilines is 1. The highest BCUT2D eigenvalue weighted by Crippen LogP contribution is 2.29. The molecule has 37 heavy (non-hydrogen) atoms. The summed E-state index contributed by atoms with van der Waals surface area (Å²) in [5.74, 6) is -0.948. The fourth-order valence-corrected chi connectivity index (χ4v) is 5.34. The molecule has 0 aliphatic carbocycles. The molecule has 194 valence electrons. The van der Waals surface area contributed by atoms with Gasteiger partial charge in [0.25, 0.3) is 5.91 Å². The second-order valence-corrected chi connectivity index (χ2v) is 11.6. The van der Waals surface area contributed by atoms with Gasteiger partial charge in [0.05, 0.1) is 0 Å². The molecule has 0 atom stereocenters. The van der Waals surface area contributed by atoms with Gasteiger partial charge in [-0.25, -0.2) is 12.8 Å². The topological polar surface area (TPSA) is 83.6 Å². The summed E-state index contributed by atoms with van der Waals surface area (Å²) in [4.78, 5) is 26.7. The number of aryl methyl sites for hydroxylation is 2. The first-order valence-electron chi connectivity index (χ1n) is 12.3. The molecule has 8 heteroatoms. The third-order valence-electron chi connectivity index (χ3n) is 6.83. The van der Waals surface area contributed by atoms with Crippen LogP contribution in [0.15, 0.2) is 71.6 Å². The minimum absolute atomic E-state index is 0.0355. The van der Waals surface area contributed by atoms with Gasteiger partial charge in [0.2, 0.25) is 5.91 Å². The van der Waals surface area contributed by atoms with Crippen molar-refractivity contribution >= 4 is 27.3 Å². The van der Waals surface area contributed by atoms with Crippen molar-refractivity contribution in [2.24, 2.45) is 0 Å². The Balaban J connectivity index is 1.28. The number of carbonyl (C=O) groups is 2. The number of hydrogen-bond acceptors (Lipinski definition) is 4. The average Bonchev–Trinajstić information content (AvgIpc) is 2.88. The summed E-state index contributed by atoms with van der Waals surface area (Å²) < 4.78 is 37.3. The predicted molar refractivity (Wildman–Crippen MR) is 142 cm³/mol. The highest BCUT2D eigenvalue weighted by atomic mass is 32.2. The molecule has 3 aromatic carbocycles. The monoisotopic (exact) mass is 522 g/mol. The summed E-state index contributed by atoms with van der Waals surface area (Å²) in [5.41, 5.74) is 4.13. The van der Waals surface area contributed by atoms with Crippen LogP contribution in [0.25, 0.3) is 0 Å². The normalized spacial score (nSPS) is 14.4. The number of nitrogens with zero attached hydrogens (tertiary/aromatic N) is 1. The number of carbonyl (C=O) groups excluding carboxylic acids is 2. The molecule has 3 aromatic rings. The maximum absolute atomic E-state index is 14.1. The number of rotatable bonds is 7. The Morgan fingerprint density at radius 1 is 0.973 bits per heavy atom. The van der Waals surface area contributed by atoms with Gasteiger partial charge < -0.3 is 10.2 Å². The van der Waals surface area contributed by atoms with Gasteiger partial charge in [-0.05, 0) is 73.6 Å². The number of hydrogen-bond donors (Lipinski definition) is 1. The van der Waals surface area contributed by atoms with Crippen LogP contribution in [0.1, 0.15) is 52.2 Å². The minimum Gasteiger partial charge on any atom is -0.343 e. The van der Waals surface area contributed by atoms with Gasteiger partial charge in [-0.15, -0.1) is 0 Å². The van der Waals surface area contributed by atoms with E-state index >= 15 is 0 Å². The quantitative estimate of drug-likeness (QED) is 0.466. The van der Waals surface area contributed by atoms with E-state index in [1.54, 1.807) is 12.1 Å². The number of sulfone groups is 1. The lowest BCUT2D eigenvalue weighted by Gasteiger charge is -2.32. The van der Waals surface area contributed by atoms with Gasteiger partial charge in [-0.3, -0.25) is 9.59 Å². The van der Waals surface area contributed by atoms with Crippen LogP contribution in [0.5, 0.6) is 0 Å². The Bertz CT molecular complexity index is 1380. The number of nitrogens with one attached hydrogen (secondary N) is 1. The minimum atomic E-state index is -3.70. The number of benzene rings is 3. The molecule has 1 fully saturated rings. The molecule has 6 nitrogen and oxygen atoms in total. The van der Waals surface area contributed by atoms with Crippen LogP contribution in [-0.2, 0) is 21.1 Å². The van der Waals surface area contributed by atoms with E-state index in [2.05, 4.69) is 36.5 Å². The lowest BCUT2D eigenvalue weighted by Crippen LogP contribution is -2.38. The zero-order valence-corrected chi connectivity index (χ0v) is 21.9. The fraction of sp³-hybridized carbons (Fsp3) is 0.310. The van der Waals surface area contributed by atoms with Gasteiger partial charge in [0.1, 0.15) is 10.7 Å². The highest BCUT2D eigenvalue weighted by Gasteiger charge is 2.24. The van der Waals surface area contributed by atoms with Gasteiger partial charge in [0, 0.05) is 37.0 Å². The standard InChI is InChI=1S/C29H31FN2O4S/c1-20-3-5-21(6-4-20)7-14-28(33)32-17-15-23(16-18-32)22-8-11-25(12-9-22)31-29(34)24-10-13-27(26(30)19-24)37(2,35)36/h3-6,8-13,19,23H,7,14-18H2,1-2H3,(H,31,34). The van der Waals surface area contributed by atoms with Gasteiger partial charge in [-0.2, -0.15) is 0 Å². The summed E-state index contributed by atoms with van der Waals surface area (Å²) in [5, 5.41) is 2.72. The molecule has 2 amide bonds. The maximum atomic E-state index is 14.1. The summed E-state index contributed by atoms with van der Waals surface area (Å²) in [6, 6.07) is 19.1. The van der Waals surface area contributed by atoms with Crippen molar-refractivity contribution in [3.05, 3.63) is 94.8 Å². The Labute approximate surface area is 217 Å². The Hall–Kier alpha value is -3.52. The largest absolute Gasteiger partial charge is 0.343 e. The lowest BCUT2D eigenvalue weighted by molar-refractivity contribution is -0.132. The van der Waals surface area contributed by atoms with Crippen LogP contribution in [0.4, 0.5) is 10.1 Å². The van der Waals surface area contributed by atoms with Crippen molar-refractivity contribution < 1.29 is 22.4 Å². The SMILES string of the molecule is Cc1ccc(CCC(=O)N2CCC(c3ccc(NC(=O)c4ccc(S(C)(=O)=O)c(F)c4)cc3)CC2)cc1. The van der Waals surface area contributed by atoms with E-state index in [1.165, 1.54) is 17.2 Å². The van der Waals surface area contributed by atoms with Gasteiger partial charge >= 0.3 is 0 Å². The van der Waals surface area contributed by atoms with Crippen molar-refractivity contribution in [2.45, 2.75) is 43.4 Å². The van der Waals surface area contributed by atoms with Crippen LogP contribution >= 0.6 is 0 Å². The predicted octanol–water partition coefficient (Wildman–Crippen LogP) is 5.13. The molecule has 1 heterocycles. The first kappa shape index (κ1) is 26.5. The molecule has 1 aliphatic heterocycles. The fourth-order valence-electron chi connectivity index (χ4n) is 4.61. The lowest BCUT2D eigenvalue weighted by atomic mass is 9.89. The maximum Gasteiger partial charge on any atom is 0.255 e. The molecular formula is C29H31FN2O4S. The van der Waals surface area contributed by atoms with Crippen LogP contribution < -0.4 is 5.32 Å². The summed E-state index contributed by atoms with van der Waals surface area (Å²) in [6.07, 6.45) is 3.95. The molecule has 1 N–H and O–H groups in total. The van der Waals surface area contributed by atoms with Crippen molar-refractivity contribution in [3.8, 4) is 0 Å². The van der Waals surface area contributed by atoms with Crippen molar-refractivity contribution in [1.82, 2.24) is 4.90 Å². The molecule has 0 spiro atoms. The molecule has 1 saturated heterocycles. The van der Waals surface area contributed by atoms with Crippen LogP contribution in [0.3, 0.4) is 0 Å². The molecule has 0 aromatic heterocycles. The first-order valence-corrected chi connectivity index (χ1v) is 14.2. The first-order chi connectivity index (χ1) is 17.6. The Morgan fingerprint density at radius 2 is 1.62 bits per heavy atom. The van der Waals surface area contributed by atoms with E-state index in [1.807, 2.05) is 17.0 Å². The summed E-state index contributed by atoms with van der Waals surface area (Å²) in [7, 11) is -3.70. The average molecular weight is 523 g/mol. The van der Waals surface area contributed by atoms with Crippen LogP contribution in [0, 0.1) is 12.7 Å². The molecule has 4 rings (SSSR count). The van der Waals surface area contributed by atoms with E-state index < -0.39 is 26.5 Å². The van der Waals surface area contributed by atoms with E-state index in [0.717, 1.165) is 56.3 Å². The molecule has 0 radical (unpaired) electrons. The number of amides is 2. The number of likely N-dealkylation sites (tertiary alicyclic amines) is 1. The number of halogens is 1. The van der Waals surface area contributed by atoms with E-state index in [4.69, 9.17) is 0 Å². The molecule has 0 saturated carbocycles. The highest BCUT2D eigenvalue weighted by molar-refractivity contribution is 7.90. The van der Waals surface area contributed by atoms with Crippen molar-refractivity contribution in [3.63, 3.8) is 0 Å². The zero-order chi connectivity index (χ0) is 26.6. The third-order valence-corrected chi connectivity index (χ3v) is 7.96. The zero-order valence-electron chi connectivity index (χ0n) is 21.0. The van der Waals surface area contributed by atoms with Gasteiger partial charge in [-0.1, -0.05) is 42.0 Å². The van der Waals surface area contributed by atoms with E-state index in [-0.39, 0.29) is 11.5 Å². The van der Waals surface area contributed by atoms with Crippen molar-refractivity contribution in [2.75, 3.05) is 24.7 Å². The molecule has 0 unspecified atom stereocenters. The molecular weight excluding hydrogens is 491 g/mol. The summed E-state index contributed by atoms with van der Waals surface area (Å²) in [6.45, 7) is 3.50. The molecule has 0 bridgehead atoms. The van der Waals surface area contributed by atoms with Crippen LogP contribution in [-0.4, -0.2) is 44.5 Å². The Kier molecular flexibility index (Phi) is 8.07. The number of piperidine rings is 1. The molecule has 1 aliphatic rings. The second kappa shape index (κ2) is 11.3. The van der Waals surface area contributed by atoms with E-state index in [0.29, 0.717) is 18.0 Å². The van der Waals surface area contributed by atoms with Crippen molar-refractivity contribution in [1.29, 1.82) is 0 Å². The Morgan fingerprint density at radius 3 is 2.22 bits per heavy atom. The van der Waals surface area contributed by atoms with E-state index in [9.17, 15) is 22.4 Å². The smallest absolute Gasteiger partial charge is 0.255 e.